The Morgan fingerprint density at radius 3 is 2.76 bits per heavy atom. The van der Waals surface area contributed by atoms with Crippen LogP contribution < -0.4 is 10.5 Å². The van der Waals surface area contributed by atoms with E-state index in [1.165, 1.54) is 6.21 Å². The first-order valence-corrected chi connectivity index (χ1v) is 4.71. The molecule has 90 valence electrons. The van der Waals surface area contributed by atoms with Gasteiger partial charge in [-0.15, -0.1) is 0 Å². The van der Waals surface area contributed by atoms with Crippen LogP contribution in [0.2, 0.25) is 0 Å². The first-order valence-electron chi connectivity index (χ1n) is 4.71. The molecule has 0 aromatic heterocycles. The van der Waals surface area contributed by atoms with Crippen molar-refractivity contribution < 1.29 is 19.7 Å². The summed E-state index contributed by atoms with van der Waals surface area (Å²) in [6, 6.07) is 6.78. The Kier molecular flexibility index (Phi) is 4.56. The van der Waals surface area contributed by atoms with E-state index in [0.717, 1.165) is 6.20 Å². The Morgan fingerprint density at radius 2 is 2.12 bits per heavy atom. The van der Waals surface area contributed by atoms with Gasteiger partial charge in [-0.05, 0) is 12.1 Å². The van der Waals surface area contributed by atoms with Crippen molar-refractivity contribution in [1.29, 1.82) is 0 Å². The van der Waals surface area contributed by atoms with Crippen molar-refractivity contribution in [2.75, 3.05) is 6.61 Å². The predicted molar refractivity (Wildman–Crippen MR) is 62.1 cm³/mol. The summed E-state index contributed by atoms with van der Waals surface area (Å²) < 4.78 is 5.05. The van der Waals surface area contributed by atoms with E-state index < -0.39 is 18.5 Å². The van der Waals surface area contributed by atoms with Gasteiger partial charge < -0.3 is 20.7 Å². The smallest absolute Gasteiger partial charge is 0.341 e. The van der Waals surface area contributed by atoms with E-state index in [-0.39, 0.29) is 0 Å². The molecular weight excluding hydrogens is 224 g/mol. The van der Waals surface area contributed by atoms with Crippen LogP contribution in [0.1, 0.15) is 5.56 Å². The van der Waals surface area contributed by atoms with Gasteiger partial charge in [0.05, 0.1) is 6.20 Å². The molecule has 1 aromatic rings. The molecule has 0 amide bonds. The Balaban J connectivity index is 2.80. The standard InChI is InChI=1S/C11H12N2O4/c12-10(14)6-13-5-8-3-1-2-4-9(8)17-7-11(15)16/h1-6,14H,7,12H2,(H,15,16)/b10-6-,13-5?. The lowest BCUT2D eigenvalue weighted by Crippen LogP contribution is -2.10. The molecule has 6 heteroatoms. The van der Waals surface area contributed by atoms with Crippen molar-refractivity contribution in [3.63, 3.8) is 0 Å². The van der Waals surface area contributed by atoms with E-state index in [9.17, 15) is 4.79 Å². The molecule has 0 unspecified atom stereocenters. The third-order valence-electron chi connectivity index (χ3n) is 1.69. The Morgan fingerprint density at radius 1 is 1.41 bits per heavy atom. The molecule has 0 fully saturated rings. The Hall–Kier alpha value is -2.50. The third kappa shape index (κ3) is 4.70. The number of benzene rings is 1. The highest BCUT2D eigenvalue weighted by atomic mass is 16.5. The lowest BCUT2D eigenvalue weighted by Gasteiger charge is -2.05. The number of ether oxygens (including phenoxy) is 1. The number of aliphatic hydroxyl groups is 1. The molecule has 0 heterocycles. The molecule has 0 aliphatic rings. The minimum Gasteiger partial charge on any atom is -0.494 e. The van der Waals surface area contributed by atoms with Gasteiger partial charge in [0.1, 0.15) is 5.75 Å². The highest BCUT2D eigenvalue weighted by Gasteiger charge is 2.02. The molecular formula is C11H12N2O4. The number of hydrogen-bond donors (Lipinski definition) is 3. The van der Waals surface area contributed by atoms with E-state index in [1.54, 1.807) is 24.3 Å². The Labute approximate surface area is 97.7 Å². The van der Waals surface area contributed by atoms with Gasteiger partial charge in [-0.25, -0.2) is 4.79 Å². The number of carbonyl (C=O) groups is 1. The zero-order valence-corrected chi connectivity index (χ0v) is 8.91. The lowest BCUT2D eigenvalue weighted by molar-refractivity contribution is -0.139. The van der Waals surface area contributed by atoms with Crippen LogP contribution in [-0.2, 0) is 4.79 Å². The average Bonchev–Trinajstić information content (AvgIpc) is 2.27. The minimum absolute atomic E-state index is 0.392. The van der Waals surface area contributed by atoms with Crippen molar-refractivity contribution >= 4 is 12.2 Å². The summed E-state index contributed by atoms with van der Waals surface area (Å²) in [5.74, 6) is -1.08. The zero-order chi connectivity index (χ0) is 12.7. The summed E-state index contributed by atoms with van der Waals surface area (Å²) in [6.07, 6.45) is 2.47. The van der Waals surface area contributed by atoms with E-state index in [2.05, 4.69) is 4.99 Å². The second kappa shape index (κ2) is 6.16. The molecule has 0 bridgehead atoms. The predicted octanol–water partition coefficient (Wildman–Crippen LogP) is 0.885. The quantitative estimate of drug-likeness (QED) is 0.520. The van der Waals surface area contributed by atoms with Crippen molar-refractivity contribution in [1.82, 2.24) is 0 Å². The van der Waals surface area contributed by atoms with Gasteiger partial charge >= 0.3 is 5.97 Å². The number of hydrogen-bond acceptors (Lipinski definition) is 5. The van der Waals surface area contributed by atoms with Crippen molar-refractivity contribution in [2.45, 2.75) is 0 Å². The molecule has 0 saturated carbocycles. The number of carboxylic acid groups (broad SMARTS) is 1. The van der Waals surface area contributed by atoms with Gasteiger partial charge in [-0.1, -0.05) is 12.1 Å². The van der Waals surface area contributed by atoms with Crippen LogP contribution in [0.5, 0.6) is 5.75 Å². The number of nitrogens with two attached hydrogens (primary N) is 1. The number of nitrogens with zero attached hydrogens (tertiary/aromatic N) is 1. The zero-order valence-electron chi connectivity index (χ0n) is 8.91. The Bertz CT molecular complexity index is 451. The summed E-state index contributed by atoms with van der Waals surface area (Å²) in [6.45, 7) is -0.428. The summed E-state index contributed by atoms with van der Waals surface area (Å²) in [4.78, 5) is 14.1. The lowest BCUT2D eigenvalue weighted by atomic mass is 10.2. The highest BCUT2D eigenvalue weighted by molar-refractivity contribution is 5.84. The highest BCUT2D eigenvalue weighted by Crippen LogP contribution is 2.15. The van der Waals surface area contributed by atoms with E-state index in [0.29, 0.717) is 11.3 Å². The van der Waals surface area contributed by atoms with E-state index in [1.807, 2.05) is 0 Å². The molecule has 17 heavy (non-hydrogen) atoms. The van der Waals surface area contributed by atoms with Crippen LogP contribution in [-0.4, -0.2) is 29.0 Å². The van der Waals surface area contributed by atoms with Crippen LogP contribution in [0, 0.1) is 0 Å². The minimum atomic E-state index is -1.06. The molecule has 0 spiro atoms. The first-order chi connectivity index (χ1) is 8.09. The number of aliphatic imine (C=N–C) groups is 1. The molecule has 0 aliphatic carbocycles. The fraction of sp³-hybridized carbons (Fsp3) is 0.0909. The average molecular weight is 236 g/mol. The summed E-state index contributed by atoms with van der Waals surface area (Å²) in [5.41, 5.74) is 5.58. The summed E-state index contributed by atoms with van der Waals surface area (Å²) >= 11 is 0. The molecule has 4 N–H and O–H groups in total. The molecule has 1 aromatic carbocycles. The second-order valence-electron chi connectivity index (χ2n) is 3.05. The summed E-state index contributed by atoms with van der Waals surface area (Å²) in [7, 11) is 0. The van der Waals surface area contributed by atoms with E-state index >= 15 is 0 Å². The van der Waals surface area contributed by atoms with Gasteiger partial charge in [-0.2, -0.15) is 0 Å². The monoisotopic (exact) mass is 236 g/mol. The van der Waals surface area contributed by atoms with Crippen molar-refractivity contribution in [3.8, 4) is 5.75 Å². The van der Waals surface area contributed by atoms with Crippen LogP contribution in [0.3, 0.4) is 0 Å². The molecule has 0 atom stereocenters. The molecule has 0 saturated heterocycles. The largest absolute Gasteiger partial charge is 0.494 e. The summed E-state index contributed by atoms with van der Waals surface area (Å²) in [5, 5.41) is 17.2. The van der Waals surface area contributed by atoms with Crippen LogP contribution in [0.4, 0.5) is 0 Å². The van der Waals surface area contributed by atoms with Gasteiger partial charge in [0.25, 0.3) is 0 Å². The SMILES string of the molecule is N/C(O)=C/N=Cc1ccccc1OCC(=O)O. The van der Waals surface area contributed by atoms with Crippen molar-refractivity contribution in [3.05, 3.63) is 41.9 Å². The normalized spacial score (nSPS) is 11.6. The number of carboxylic acids is 1. The first kappa shape index (κ1) is 12.6. The maximum absolute atomic E-state index is 10.4. The number of aliphatic hydroxyl groups excluding tert-OH is 1. The van der Waals surface area contributed by atoms with Crippen LogP contribution in [0.25, 0.3) is 0 Å². The van der Waals surface area contributed by atoms with Gasteiger partial charge in [0, 0.05) is 11.8 Å². The van der Waals surface area contributed by atoms with Gasteiger partial charge in [-0.3, -0.25) is 4.99 Å². The van der Waals surface area contributed by atoms with Gasteiger partial charge in [0.2, 0.25) is 0 Å². The van der Waals surface area contributed by atoms with Crippen LogP contribution in [0.15, 0.2) is 41.3 Å². The molecule has 0 radical (unpaired) electrons. The molecule has 1 rings (SSSR count). The van der Waals surface area contributed by atoms with Gasteiger partial charge in [0.15, 0.2) is 12.5 Å². The third-order valence-corrected chi connectivity index (χ3v) is 1.69. The second-order valence-corrected chi connectivity index (χ2v) is 3.05. The topological polar surface area (TPSA) is 105 Å². The fourth-order valence-corrected chi connectivity index (χ4v) is 1.05. The van der Waals surface area contributed by atoms with Crippen LogP contribution >= 0.6 is 0 Å². The maximum Gasteiger partial charge on any atom is 0.341 e. The van der Waals surface area contributed by atoms with E-state index in [4.69, 9.17) is 20.7 Å². The number of para-hydroxylation sites is 1. The molecule has 6 nitrogen and oxygen atoms in total. The number of aliphatic carboxylic acids is 1. The number of rotatable bonds is 5. The van der Waals surface area contributed by atoms with Crippen molar-refractivity contribution in [2.24, 2.45) is 10.7 Å². The fourth-order valence-electron chi connectivity index (χ4n) is 1.05. The molecule has 0 aliphatic heterocycles. The maximum atomic E-state index is 10.4.